The van der Waals surface area contributed by atoms with Gasteiger partial charge in [-0.05, 0) is 41.1 Å². The second kappa shape index (κ2) is 4.92. The van der Waals surface area contributed by atoms with Crippen LogP contribution in [-0.2, 0) is 0 Å². The summed E-state index contributed by atoms with van der Waals surface area (Å²) in [4.78, 5) is 3.74. The zero-order valence-electron chi connectivity index (χ0n) is 16.1. The van der Waals surface area contributed by atoms with Gasteiger partial charge in [-0.3, -0.25) is 0 Å². The van der Waals surface area contributed by atoms with Gasteiger partial charge in [-0.1, -0.05) is 60.7 Å². The summed E-state index contributed by atoms with van der Waals surface area (Å²) in [5, 5.41) is 10.5. The maximum absolute atomic E-state index is 3.74. The predicted molar refractivity (Wildman–Crippen MR) is 128 cm³/mol. The molecular weight excluding hydrogens is 364 g/mol. The highest BCUT2D eigenvalue weighted by molar-refractivity contribution is 6.34. The van der Waals surface area contributed by atoms with Crippen molar-refractivity contribution in [3.63, 3.8) is 0 Å². The smallest absolute Gasteiger partial charge is 0.0641 e. The third-order valence-corrected chi connectivity index (χ3v) is 6.81. The molecule has 8 aromatic rings. The first-order chi connectivity index (χ1) is 14.9. The molecule has 0 aliphatic rings. The number of H-pyrrole nitrogens is 1. The molecule has 0 amide bonds. The van der Waals surface area contributed by atoms with E-state index in [1.165, 1.54) is 70.7 Å². The number of aromatic nitrogens is 2. The predicted octanol–water partition coefficient (Wildman–Crippen LogP) is 7.62. The third kappa shape index (κ3) is 1.60. The summed E-state index contributed by atoms with van der Waals surface area (Å²) in [5.74, 6) is 0. The van der Waals surface area contributed by atoms with Crippen molar-refractivity contribution in [1.29, 1.82) is 0 Å². The minimum Gasteiger partial charge on any atom is -0.354 e. The molecule has 3 heterocycles. The standard InChI is InChI=1S/C28H16N2/c1-2-8-17-14-25-22(13-16(17)7-1)26-27-20(18-9-3-5-11-23(18)29-27)15-21-19-10-4-6-12-24(19)30(25)28(21)26/h1-15,29H. The molecule has 0 fully saturated rings. The Hall–Kier alpha value is -4.04. The lowest BCUT2D eigenvalue weighted by Gasteiger charge is -2.02. The average molecular weight is 380 g/mol. The summed E-state index contributed by atoms with van der Waals surface area (Å²) in [6.07, 6.45) is 0. The number of nitrogens with zero attached hydrogens (tertiary/aromatic N) is 1. The Morgan fingerprint density at radius 1 is 0.533 bits per heavy atom. The Labute approximate surface area is 171 Å². The molecule has 0 spiro atoms. The molecule has 5 aromatic carbocycles. The Morgan fingerprint density at radius 3 is 2.17 bits per heavy atom. The van der Waals surface area contributed by atoms with Gasteiger partial charge in [0.05, 0.1) is 22.1 Å². The molecule has 3 aromatic heterocycles. The number of nitrogens with one attached hydrogen (secondary N) is 1. The van der Waals surface area contributed by atoms with Crippen molar-refractivity contribution in [3.05, 3.63) is 91.0 Å². The molecule has 1 N–H and O–H groups in total. The van der Waals surface area contributed by atoms with Crippen LogP contribution in [0.2, 0.25) is 0 Å². The maximum Gasteiger partial charge on any atom is 0.0641 e. The number of hydrogen-bond donors (Lipinski definition) is 1. The molecule has 0 saturated carbocycles. The second-order valence-electron chi connectivity index (χ2n) is 8.31. The number of aromatic amines is 1. The molecule has 0 aliphatic heterocycles. The van der Waals surface area contributed by atoms with Crippen LogP contribution in [0, 0.1) is 0 Å². The number of fused-ring (bicyclic) bond motifs is 11. The Bertz CT molecular complexity index is 1950. The van der Waals surface area contributed by atoms with E-state index >= 15 is 0 Å². The molecule has 0 bridgehead atoms. The van der Waals surface area contributed by atoms with Gasteiger partial charge in [0.25, 0.3) is 0 Å². The topological polar surface area (TPSA) is 20.2 Å². The molecule has 2 heteroatoms. The molecular formula is C28H16N2. The zero-order valence-corrected chi connectivity index (χ0v) is 16.1. The van der Waals surface area contributed by atoms with Crippen LogP contribution < -0.4 is 0 Å². The van der Waals surface area contributed by atoms with E-state index in [1.807, 2.05) is 0 Å². The van der Waals surface area contributed by atoms with Crippen LogP contribution in [0.4, 0.5) is 0 Å². The number of benzene rings is 5. The van der Waals surface area contributed by atoms with Crippen LogP contribution in [0.25, 0.3) is 70.7 Å². The second-order valence-corrected chi connectivity index (χ2v) is 8.31. The molecule has 30 heavy (non-hydrogen) atoms. The van der Waals surface area contributed by atoms with Crippen molar-refractivity contribution in [1.82, 2.24) is 9.38 Å². The fraction of sp³-hybridized carbons (Fsp3) is 0. The zero-order chi connectivity index (χ0) is 19.4. The molecule has 0 unspecified atom stereocenters. The Kier molecular flexibility index (Phi) is 2.44. The highest BCUT2D eigenvalue weighted by Crippen LogP contribution is 2.45. The summed E-state index contributed by atoms with van der Waals surface area (Å²) in [6, 6.07) is 33.2. The van der Waals surface area contributed by atoms with Gasteiger partial charge in [-0.25, -0.2) is 0 Å². The van der Waals surface area contributed by atoms with Gasteiger partial charge in [0.15, 0.2) is 0 Å². The summed E-state index contributed by atoms with van der Waals surface area (Å²) < 4.78 is 2.46. The van der Waals surface area contributed by atoms with E-state index in [-0.39, 0.29) is 0 Å². The third-order valence-electron chi connectivity index (χ3n) is 6.81. The van der Waals surface area contributed by atoms with Crippen LogP contribution in [0.3, 0.4) is 0 Å². The quantitative estimate of drug-likeness (QED) is 0.279. The largest absolute Gasteiger partial charge is 0.354 e. The van der Waals surface area contributed by atoms with E-state index < -0.39 is 0 Å². The average Bonchev–Trinajstić information content (AvgIpc) is 3.43. The van der Waals surface area contributed by atoms with Crippen LogP contribution in [0.15, 0.2) is 91.0 Å². The molecule has 0 atom stereocenters. The number of hydrogen-bond acceptors (Lipinski definition) is 0. The van der Waals surface area contributed by atoms with Gasteiger partial charge in [0.1, 0.15) is 0 Å². The Balaban J connectivity index is 1.80. The van der Waals surface area contributed by atoms with Crippen molar-refractivity contribution in [2.24, 2.45) is 0 Å². The fourth-order valence-electron chi connectivity index (χ4n) is 5.56. The monoisotopic (exact) mass is 380 g/mol. The van der Waals surface area contributed by atoms with E-state index in [0.29, 0.717) is 0 Å². The van der Waals surface area contributed by atoms with E-state index in [1.54, 1.807) is 0 Å². The lowest BCUT2D eigenvalue weighted by atomic mass is 10.0. The van der Waals surface area contributed by atoms with E-state index in [4.69, 9.17) is 0 Å². The molecule has 0 radical (unpaired) electrons. The SMILES string of the molecule is c1ccc2cc3c(cc2c1)c1c2[nH]c4ccccc4c2cc2c4ccccc4n3c21. The van der Waals surface area contributed by atoms with Crippen LogP contribution in [0.1, 0.15) is 0 Å². The summed E-state index contributed by atoms with van der Waals surface area (Å²) in [5.41, 5.74) is 6.31. The summed E-state index contributed by atoms with van der Waals surface area (Å²) in [6.45, 7) is 0. The van der Waals surface area contributed by atoms with Crippen molar-refractivity contribution in [2.45, 2.75) is 0 Å². The molecule has 2 nitrogen and oxygen atoms in total. The minimum absolute atomic E-state index is 1.20. The van der Waals surface area contributed by atoms with Crippen molar-refractivity contribution in [2.75, 3.05) is 0 Å². The minimum atomic E-state index is 1.20. The van der Waals surface area contributed by atoms with Crippen LogP contribution in [-0.4, -0.2) is 9.38 Å². The first-order valence-corrected chi connectivity index (χ1v) is 10.4. The first kappa shape index (κ1) is 14.9. The van der Waals surface area contributed by atoms with Gasteiger partial charge in [-0.2, -0.15) is 0 Å². The van der Waals surface area contributed by atoms with Gasteiger partial charge in [-0.15, -0.1) is 0 Å². The van der Waals surface area contributed by atoms with Gasteiger partial charge < -0.3 is 9.38 Å². The van der Waals surface area contributed by atoms with Gasteiger partial charge in [0, 0.05) is 37.8 Å². The van der Waals surface area contributed by atoms with Crippen LogP contribution in [0.5, 0.6) is 0 Å². The van der Waals surface area contributed by atoms with Crippen molar-refractivity contribution in [3.8, 4) is 0 Å². The summed E-state index contributed by atoms with van der Waals surface area (Å²) >= 11 is 0. The maximum atomic E-state index is 3.74. The van der Waals surface area contributed by atoms with Crippen molar-refractivity contribution >= 4 is 70.7 Å². The lowest BCUT2D eigenvalue weighted by Crippen LogP contribution is -1.80. The molecule has 138 valence electrons. The first-order valence-electron chi connectivity index (χ1n) is 10.4. The molecule has 0 aliphatic carbocycles. The normalized spacial score (nSPS) is 12.7. The van der Waals surface area contributed by atoms with Gasteiger partial charge >= 0.3 is 0 Å². The van der Waals surface area contributed by atoms with E-state index in [2.05, 4.69) is 100 Å². The van der Waals surface area contributed by atoms with E-state index in [0.717, 1.165) is 0 Å². The fourth-order valence-corrected chi connectivity index (χ4v) is 5.56. The number of rotatable bonds is 0. The lowest BCUT2D eigenvalue weighted by molar-refractivity contribution is 1.37. The van der Waals surface area contributed by atoms with Crippen molar-refractivity contribution < 1.29 is 0 Å². The molecule has 8 rings (SSSR count). The summed E-state index contributed by atoms with van der Waals surface area (Å²) in [7, 11) is 0. The van der Waals surface area contributed by atoms with Crippen LogP contribution >= 0.6 is 0 Å². The van der Waals surface area contributed by atoms with E-state index in [9.17, 15) is 0 Å². The molecule has 0 saturated heterocycles. The van der Waals surface area contributed by atoms with Gasteiger partial charge in [0.2, 0.25) is 0 Å². The highest BCUT2D eigenvalue weighted by Gasteiger charge is 2.21. The number of para-hydroxylation sites is 2. The Morgan fingerprint density at radius 2 is 1.27 bits per heavy atom. The highest BCUT2D eigenvalue weighted by atomic mass is 14.9.